The Bertz CT molecular complexity index is 1010. The molecular formula is C21H29FN4O5S. The summed E-state index contributed by atoms with van der Waals surface area (Å²) in [5, 5.41) is 28.6. The molecule has 1 saturated heterocycles. The van der Waals surface area contributed by atoms with E-state index < -0.39 is 33.6 Å². The first kappa shape index (κ1) is 23.2. The smallest absolute Gasteiger partial charge is 0.240 e. The summed E-state index contributed by atoms with van der Waals surface area (Å²) >= 11 is 0. The molecule has 1 aliphatic heterocycles. The number of halogens is 1. The van der Waals surface area contributed by atoms with Crippen LogP contribution in [-0.4, -0.2) is 58.5 Å². The molecule has 4 rings (SSSR count). The Labute approximate surface area is 186 Å². The molecule has 3 N–H and O–H groups in total. The van der Waals surface area contributed by atoms with Gasteiger partial charge < -0.3 is 14.9 Å². The normalized spacial score (nSPS) is 25.8. The lowest BCUT2D eigenvalue weighted by Crippen LogP contribution is -2.50. The number of aryl methyl sites for hydroxylation is 1. The van der Waals surface area contributed by atoms with Gasteiger partial charge in [0.15, 0.2) is 0 Å². The van der Waals surface area contributed by atoms with Crippen molar-refractivity contribution in [2.24, 2.45) is 0 Å². The van der Waals surface area contributed by atoms with Crippen LogP contribution in [0.3, 0.4) is 0 Å². The molecule has 9 nitrogen and oxygen atoms in total. The van der Waals surface area contributed by atoms with Gasteiger partial charge in [-0.3, -0.25) is 4.68 Å². The lowest BCUT2D eigenvalue weighted by atomic mass is 9.98. The molecule has 0 unspecified atom stereocenters. The highest BCUT2D eigenvalue weighted by atomic mass is 32.2. The van der Waals surface area contributed by atoms with E-state index in [4.69, 9.17) is 4.74 Å². The number of ether oxygens (including phenoxy) is 1. The summed E-state index contributed by atoms with van der Waals surface area (Å²) in [6.45, 7) is 0.214. The van der Waals surface area contributed by atoms with Crippen LogP contribution in [0.2, 0.25) is 0 Å². The largest absolute Gasteiger partial charge is 0.394 e. The van der Waals surface area contributed by atoms with Crippen molar-refractivity contribution in [2.45, 2.75) is 80.2 Å². The zero-order valence-electron chi connectivity index (χ0n) is 17.7. The fourth-order valence-electron chi connectivity index (χ4n) is 4.47. The lowest BCUT2D eigenvalue weighted by molar-refractivity contribution is -0.0891. The van der Waals surface area contributed by atoms with Crippen LogP contribution in [0, 0.1) is 5.82 Å². The third-order valence-corrected chi connectivity index (χ3v) is 7.86. The Hall–Kier alpha value is -1.92. The van der Waals surface area contributed by atoms with Crippen molar-refractivity contribution in [2.75, 3.05) is 6.61 Å². The summed E-state index contributed by atoms with van der Waals surface area (Å²) in [4.78, 5) is -0.0383. The minimum Gasteiger partial charge on any atom is -0.394 e. The van der Waals surface area contributed by atoms with Crippen LogP contribution in [0.15, 0.2) is 35.4 Å². The average molecular weight is 469 g/mol. The summed E-state index contributed by atoms with van der Waals surface area (Å²) in [5.74, 6) is -0.516. The van der Waals surface area contributed by atoms with Crippen molar-refractivity contribution in [1.82, 2.24) is 19.7 Å². The molecule has 0 amide bonds. The molecule has 2 aromatic rings. The number of nitrogens with one attached hydrogen (secondary N) is 1. The fraction of sp³-hybridized carbons (Fsp3) is 0.619. The first-order valence-electron chi connectivity index (χ1n) is 11.0. The van der Waals surface area contributed by atoms with E-state index in [0.29, 0.717) is 44.3 Å². The average Bonchev–Trinajstić information content (AvgIpc) is 3.43. The van der Waals surface area contributed by atoms with E-state index in [0.717, 1.165) is 25.0 Å². The number of aliphatic hydroxyl groups is 2. The number of sulfonamides is 1. The van der Waals surface area contributed by atoms with Gasteiger partial charge in [0, 0.05) is 6.54 Å². The standard InChI is InChI=1S/C21H29FN4O5S/c22-15-3-6-17(7-4-15)32(29,30)24-18-8-5-16(31-19(18)14-27)9-12-26-13-20(23-25-26)21(28)10-1-2-11-21/h3-4,6-7,13,16,18-19,24,27-28H,1-2,5,8-12,14H2/t16-,18+,19-/m1/s1. The van der Waals surface area contributed by atoms with Gasteiger partial charge in [0.1, 0.15) is 17.1 Å². The summed E-state index contributed by atoms with van der Waals surface area (Å²) in [6, 6.07) is 4.00. The second-order valence-electron chi connectivity index (χ2n) is 8.63. The van der Waals surface area contributed by atoms with E-state index in [1.54, 1.807) is 10.9 Å². The third kappa shape index (κ3) is 5.18. The van der Waals surface area contributed by atoms with E-state index in [1.807, 2.05) is 0 Å². The van der Waals surface area contributed by atoms with Crippen molar-refractivity contribution in [3.05, 3.63) is 42.0 Å². The predicted octanol–water partition coefficient (Wildman–Crippen LogP) is 1.46. The number of hydrogen-bond acceptors (Lipinski definition) is 7. The molecule has 32 heavy (non-hydrogen) atoms. The maximum absolute atomic E-state index is 13.1. The SMILES string of the molecule is O=S(=O)(N[C@H]1CC[C@H](CCn2cc(C3(O)CCCC3)nn2)O[C@@H]1CO)c1ccc(F)cc1. The van der Waals surface area contributed by atoms with Crippen molar-refractivity contribution < 1.29 is 27.8 Å². The molecule has 2 aliphatic rings. The number of nitrogens with zero attached hydrogens (tertiary/aromatic N) is 3. The number of hydrogen-bond donors (Lipinski definition) is 3. The molecule has 2 heterocycles. The van der Waals surface area contributed by atoms with E-state index in [2.05, 4.69) is 15.0 Å². The van der Waals surface area contributed by atoms with E-state index in [-0.39, 0.29) is 17.6 Å². The molecular weight excluding hydrogens is 439 g/mol. The van der Waals surface area contributed by atoms with Gasteiger partial charge in [-0.2, -0.15) is 0 Å². The van der Waals surface area contributed by atoms with Gasteiger partial charge in [0.2, 0.25) is 10.0 Å². The zero-order valence-corrected chi connectivity index (χ0v) is 18.5. The molecule has 3 atom stereocenters. The van der Waals surface area contributed by atoms with E-state index >= 15 is 0 Å². The van der Waals surface area contributed by atoms with Crippen LogP contribution in [0.4, 0.5) is 4.39 Å². The molecule has 1 aliphatic carbocycles. The molecule has 2 fully saturated rings. The number of aliphatic hydroxyl groups excluding tert-OH is 1. The van der Waals surface area contributed by atoms with Gasteiger partial charge in [0.05, 0.1) is 35.9 Å². The molecule has 1 aromatic carbocycles. The summed E-state index contributed by atoms with van der Waals surface area (Å²) in [6.07, 6.45) is 6.01. The Balaban J connectivity index is 1.32. The molecule has 0 radical (unpaired) electrons. The maximum atomic E-state index is 13.1. The monoisotopic (exact) mass is 468 g/mol. The topological polar surface area (TPSA) is 127 Å². The van der Waals surface area contributed by atoms with E-state index in [1.165, 1.54) is 12.1 Å². The zero-order chi connectivity index (χ0) is 22.8. The second-order valence-corrected chi connectivity index (χ2v) is 10.3. The number of aromatic nitrogens is 3. The number of rotatable bonds is 8. The van der Waals surface area contributed by atoms with Gasteiger partial charge in [-0.1, -0.05) is 18.1 Å². The first-order chi connectivity index (χ1) is 15.3. The minimum atomic E-state index is -3.86. The van der Waals surface area contributed by atoms with Crippen LogP contribution >= 0.6 is 0 Å². The fourth-order valence-corrected chi connectivity index (χ4v) is 5.77. The Morgan fingerprint density at radius 1 is 1.22 bits per heavy atom. The van der Waals surface area contributed by atoms with Crippen LogP contribution < -0.4 is 4.72 Å². The summed E-state index contributed by atoms with van der Waals surface area (Å²) in [5.41, 5.74) is -0.278. The highest BCUT2D eigenvalue weighted by Crippen LogP contribution is 2.37. The Morgan fingerprint density at radius 2 is 1.94 bits per heavy atom. The molecule has 11 heteroatoms. The van der Waals surface area contributed by atoms with Gasteiger partial charge in [0.25, 0.3) is 0 Å². The maximum Gasteiger partial charge on any atom is 0.240 e. The van der Waals surface area contributed by atoms with Crippen molar-refractivity contribution >= 4 is 10.0 Å². The predicted molar refractivity (Wildman–Crippen MR) is 112 cm³/mol. The highest BCUT2D eigenvalue weighted by Gasteiger charge is 2.36. The van der Waals surface area contributed by atoms with Crippen molar-refractivity contribution in [3.63, 3.8) is 0 Å². The van der Waals surface area contributed by atoms with Crippen LogP contribution in [0.1, 0.15) is 50.6 Å². The highest BCUT2D eigenvalue weighted by molar-refractivity contribution is 7.89. The number of benzene rings is 1. The molecule has 176 valence electrons. The van der Waals surface area contributed by atoms with Gasteiger partial charge >= 0.3 is 0 Å². The quantitative estimate of drug-likeness (QED) is 0.535. The molecule has 0 bridgehead atoms. The van der Waals surface area contributed by atoms with Crippen LogP contribution in [0.5, 0.6) is 0 Å². The minimum absolute atomic E-state index is 0.0383. The van der Waals surface area contributed by atoms with Crippen molar-refractivity contribution in [3.8, 4) is 0 Å². The summed E-state index contributed by atoms with van der Waals surface area (Å²) in [7, 11) is -3.86. The lowest BCUT2D eigenvalue weighted by Gasteiger charge is -2.36. The second kappa shape index (κ2) is 9.52. The Kier molecular flexibility index (Phi) is 6.91. The van der Waals surface area contributed by atoms with E-state index in [9.17, 15) is 23.0 Å². The molecule has 1 saturated carbocycles. The van der Waals surface area contributed by atoms with Crippen molar-refractivity contribution in [1.29, 1.82) is 0 Å². The van der Waals surface area contributed by atoms with Gasteiger partial charge in [-0.05, 0) is 56.4 Å². The molecule has 0 spiro atoms. The van der Waals surface area contributed by atoms with Crippen LogP contribution in [-0.2, 0) is 26.9 Å². The Morgan fingerprint density at radius 3 is 2.62 bits per heavy atom. The third-order valence-electron chi connectivity index (χ3n) is 6.35. The summed E-state index contributed by atoms with van der Waals surface area (Å²) < 4.78 is 48.5. The van der Waals surface area contributed by atoms with Crippen LogP contribution in [0.25, 0.3) is 0 Å². The van der Waals surface area contributed by atoms with Gasteiger partial charge in [-0.15, -0.1) is 5.10 Å². The molecule has 1 aromatic heterocycles. The van der Waals surface area contributed by atoms with Gasteiger partial charge in [-0.25, -0.2) is 17.5 Å². The first-order valence-corrected chi connectivity index (χ1v) is 12.4.